The van der Waals surface area contributed by atoms with Gasteiger partial charge >= 0.3 is 5.97 Å². The molecule has 1 amide bonds. The predicted molar refractivity (Wildman–Crippen MR) is 55.8 cm³/mol. The van der Waals surface area contributed by atoms with Crippen molar-refractivity contribution in [2.75, 3.05) is 0 Å². The number of nitrogens with one attached hydrogen (secondary N) is 1. The Kier molecular flexibility index (Phi) is 3.62. The van der Waals surface area contributed by atoms with E-state index in [0.29, 0.717) is 11.1 Å². The summed E-state index contributed by atoms with van der Waals surface area (Å²) in [5.41, 5.74) is 3.13. The number of carbonyl (C=O) groups excluding carboxylic acids is 2. The number of hydrogen-bond donors (Lipinski definition) is 1. The van der Waals surface area contributed by atoms with Crippen molar-refractivity contribution in [2.24, 2.45) is 0 Å². The third kappa shape index (κ3) is 2.95. The summed E-state index contributed by atoms with van der Waals surface area (Å²) in [5, 5.41) is 0. The molecule has 1 aromatic carbocycles. The molecule has 4 nitrogen and oxygen atoms in total. The number of hydrogen-bond acceptors (Lipinski definition) is 3. The number of carbonyl (C=O) groups is 2. The van der Waals surface area contributed by atoms with Gasteiger partial charge in [0, 0.05) is 12.5 Å². The SMILES string of the molecule is C=Cc1ccccc1C(=O)NOC(C)=O. The lowest BCUT2D eigenvalue weighted by molar-refractivity contribution is -0.146. The quantitative estimate of drug-likeness (QED) is 0.745. The van der Waals surface area contributed by atoms with Crippen LogP contribution in [-0.2, 0) is 9.63 Å². The normalized spacial score (nSPS) is 9.13. The summed E-state index contributed by atoms with van der Waals surface area (Å²) < 4.78 is 0. The van der Waals surface area contributed by atoms with Crippen LogP contribution in [0.25, 0.3) is 6.08 Å². The third-order valence-corrected chi connectivity index (χ3v) is 1.71. The fourth-order valence-corrected chi connectivity index (χ4v) is 1.05. The molecule has 0 aromatic heterocycles. The Bertz CT molecular complexity index is 399. The van der Waals surface area contributed by atoms with Crippen LogP contribution in [-0.4, -0.2) is 11.9 Å². The second kappa shape index (κ2) is 4.95. The topological polar surface area (TPSA) is 55.4 Å². The Balaban J connectivity index is 2.81. The molecule has 0 aliphatic carbocycles. The van der Waals surface area contributed by atoms with Crippen LogP contribution in [0.2, 0.25) is 0 Å². The fraction of sp³-hybridized carbons (Fsp3) is 0.0909. The van der Waals surface area contributed by atoms with Gasteiger partial charge in [-0.05, 0) is 11.6 Å². The van der Waals surface area contributed by atoms with Crippen molar-refractivity contribution in [2.45, 2.75) is 6.92 Å². The molecule has 1 rings (SSSR count). The van der Waals surface area contributed by atoms with E-state index < -0.39 is 11.9 Å². The molecule has 1 aromatic rings. The number of rotatable bonds is 2. The summed E-state index contributed by atoms with van der Waals surface area (Å²) in [6, 6.07) is 6.88. The van der Waals surface area contributed by atoms with E-state index in [1.54, 1.807) is 30.3 Å². The van der Waals surface area contributed by atoms with Crippen LogP contribution in [0.5, 0.6) is 0 Å². The van der Waals surface area contributed by atoms with Gasteiger partial charge in [0.05, 0.1) is 0 Å². The zero-order valence-corrected chi connectivity index (χ0v) is 8.32. The van der Waals surface area contributed by atoms with E-state index in [1.807, 2.05) is 5.48 Å². The highest BCUT2D eigenvalue weighted by atomic mass is 16.7. The van der Waals surface area contributed by atoms with Gasteiger partial charge in [0.15, 0.2) is 0 Å². The summed E-state index contributed by atoms with van der Waals surface area (Å²) in [4.78, 5) is 26.4. The molecule has 0 saturated carbocycles. The van der Waals surface area contributed by atoms with Gasteiger partial charge in [-0.15, -0.1) is 0 Å². The summed E-state index contributed by atoms with van der Waals surface area (Å²) in [6.45, 7) is 4.79. The maximum atomic E-state index is 11.5. The van der Waals surface area contributed by atoms with Gasteiger partial charge < -0.3 is 4.84 Å². The van der Waals surface area contributed by atoms with Gasteiger partial charge in [-0.3, -0.25) is 9.59 Å². The first kappa shape index (κ1) is 11.0. The maximum Gasteiger partial charge on any atom is 0.329 e. The highest BCUT2D eigenvalue weighted by Crippen LogP contribution is 2.09. The first-order chi connectivity index (χ1) is 7.15. The van der Waals surface area contributed by atoms with E-state index in [4.69, 9.17) is 0 Å². The van der Waals surface area contributed by atoms with E-state index in [-0.39, 0.29) is 0 Å². The van der Waals surface area contributed by atoms with E-state index in [0.717, 1.165) is 0 Å². The molecular formula is C11H11NO3. The second-order valence-corrected chi connectivity index (χ2v) is 2.82. The lowest BCUT2D eigenvalue weighted by Gasteiger charge is -2.05. The van der Waals surface area contributed by atoms with E-state index in [2.05, 4.69) is 11.4 Å². The summed E-state index contributed by atoms with van der Waals surface area (Å²) in [6.07, 6.45) is 1.56. The minimum atomic E-state index is -0.570. The Labute approximate surface area is 87.5 Å². The van der Waals surface area contributed by atoms with Gasteiger partial charge in [0.25, 0.3) is 5.91 Å². The minimum absolute atomic E-state index is 0.411. The fourth-order valence-electron chi connectivity index (χ4n) is 1.05. The van der Waals surface area contributed by atoms with Crippen LogP contribution in [0, 0.1) is 0 Å². The molecule has 4 heteroatoms. The molecule has 0 saturated heterocycles. The van der Waals surface area contributed by atoms with E-state index >= 15 is 0 Å². The number of amides is 1. The molecule has 0 fully saturated rings. The number of benzene rings is 1. The zero-order valence-electron chi connectivity index (χ0n) is 8.32. The molecule has 0 spiro atoms. The molecule has 0 atom stereocenters. The van der Waals surface area contributed by atoms with Crippen molar-refractivity contribution in [1.29, 1.82) is 0 Å². The average molecular weight is 205 g/mol. The smallest absolute Gasteiger partial charge is 0.329 e. The van der Waals surface area contributed by atoms with Gasteiger partial charge in [-0.2, -0.15) is 5.48 Å². The van der Waals surface area contributed by atoms with Crippen molar-refractivity contribution in [3.8, 4) is 0 Å². The van der Waals surface area contributed by atoms with Crippen molar-refractivity contribution >= 4 is 18.0 Å². The Hall–Kier alpha value is -2.10. The first-order valence-electron chi connectivity index (χ1n) is 4.34. The molecule has 0 unspecified atom stereocenters. The molecule has 15 heavy (non-hydrogen) atoms. The molecule has 0 radical (unpaired) electrons. The van der Waals surface area contributed by atoms with Crippen molar-refractivity contribution in [1.82, 2.24) is 5.48 Å². The first-order valence-corrected chi connectivity index (χ1v) is 4.34. The largest absolute Gasteiger partial charge is 0.341 e. The Morgan fingerprint density at radius 1 is 1.40 bits per heavy atom. The molecule has 0 bridgehead atoms. The van der Waals surface area contributed by atoms with Crippen LogP contribution in [0.3, 0.4) is 0 Å². The molecule has 0 aliphatic heterocycles. The van der Waals surface area contributed by atoms with E-state index in [1.165, 1.54) is 6.92 Å². The molecule has 1 N–H and O–H groups in total. The lowest BCUT2D eigenvalue weighted by atomic mass is 10.1. The molecule has 0 aliphatic rings. The summed E-state index contributed by atoms with van der Waals surface area (Å²) in [7, 11) is 0. The van der Waals surface area contributed by atoms with Crippen LogP contribution in [0.1, 0.15) is 22.8 Å². The van der Waals surface area contributed by atoms with E-state index in [9.17, 15) is 9.59 Å². The monoisotopic (exact) mass is 205 g/mol. The zero-order chi connectivity index (χ0) is 11.3. The summed E-state index contributed by atoms with van der Waals surface area (Å²) >= 11 is 0. The van der Waals surface area contributed by atoms with Crippen LogP contribution >= 0.6 is 0 Å². The molecule has 78 valence electrons. The number of hydroxylamine groups is 1. The third-order valence-electron chi connectivity index (χ3n) is 1.71. The van der Waals surface area contributed by atoms with Gasteiger partial charge in [-0.25, -0.2) is 0 Å². The summed E-state index contributed by atoms with van der Waals surface area (Å²) in [5.74, 6) is -1.04. The lowest BCUT2D eigenvalue weighted by Crippen LogP contribution is -2.26. The van der Waals surface area contributed by atoms with Crippen molar-refractivity contribution in [3.63, 3.8) is 0 Å². The van der Waals surface area contributed by atoms with Crippen LogP contribution < -0.4 is 5.48 Å². The predicted octanol–water partition coefficient (Wildman–Crippen LogP) is 1.54. The maximum absolute atomic E-state index is 11.5. The second-order valence-electron chi connectivity index (χ2n) is 2.82. The van der Waals surface area contributed by atoms with Crippen molar-refractivity contribution in [3.05, 3.63) is 42.0 Å². The minimum Gasteiger partial charge on any atom is -0.341 e. The standard InChI is InChI=1S/C11H11NO3/c1-3-9-6-4-5-7-10(9)11(14)12-15-8(2)13/h3-7H,1H2,2H3,(H,12,14). The van der Waals surface area contributed by atoms with Gasteiger partial charge in [0.2, 0.25) is 0 Å². The van der Waals surface area contributed by atoms with Crippen LogP contribution in [0.4, 0.5) is 0 Å². The Morgan fingerprint density at radius 3 is 2.67 bits per heavy atom. The molecule has 0 heterocycles. The average Bonchev–Trinajstić information content (AvgIpc) is 2.25. The van der Waals surface area contributed by atoms with Crippen molar-refractivity contribution < 1.29 is 14.4 Å². The highest BCUT2D eigenvalue weighted by Gasteiger charge is 2.09. The van der Waals surface area contributed by atoms with Gasteiger partial charge in [-0.1, -0.05) is 30.9 Å². The Morgan fingerprint density at radius 2 is 2.07 bits per heavy atom. The molecular weight excluding hydrogens is 194 g/mol. The van der Waals surface area contributed by atoms with Gasteiger partial charge in [0.1, 0.15) is 0 Å². The van der Waals surface area contributed by atoms with Crippen LogP contribution in [0.15, 0.2) is 30.8 Å². The highest BCUT2D eigenvalue weighted by molar-refractivity contribution is 5.97.